The van der Waals surface area contributed by atoms with Crippen LogP contribution in [0.4, 0.5) is 0 Å². The molecule has 0 amide bonds. The van der Waals surface area contributed by atoms with Crippen LogP contribution in [0.25, 0.3) is 11.8 Å². The van der Waals surface area contributed by atoms with Gasteiger partial charge >= 0.3 is 5.97 Å². The summed E-state index contributed by atoms with van der Waals surface area (Å²) in [5.74, 6) is 0.282. The zero-order valence-corrected chi connectivity index (χ0v) is 11.0. The molecular weight excluding hydrogens is 256 g/mol. The molecule has 0 radical (unpaired) electrons. The normalized spacial score (nSPS) is 10.7. The fourth-order valence-electron chi connectivity index (χ4n) is 1.85. The van der Waals surface area contributed by atoms with E-state index in [1.54, 1.807) is 36.7 Å². The molecule has 0 aliphatic carbocycles. The Bertz CT molecular complexity index is 738. The zero-order chi connectivity index (χ0) is 14.7. The first-order valence-electron chi connectivity index (χ1n) is 5.87. The third-order valence-corrected chi connectivity index (χ3v) is 2.66. The molecule has 6 nitrogen and oxygen atoms in total. The van der Waals surface area contributed by atoms with Gasteiger partial charge in [0.05, 0.1) is 11.3 Å². The summed E-state index contributed by atoms with van der Waals surface area (Å²) in [7, 11) is 0. The van der Waals surface area contributed by atoms with Crippen LogP contribution in [-0.2, 0) is 4.79 Å². The van der Waals surface area contributed by atoms with E-state index in [0.717, 1.165) is 6.08 Å². The molecule has 0 bridgehead atoms. The number of nitriles is 1. The number of hydrogen-bond acceptors (Lipinski definition) is 4. The second-order valence-electron chi connectivity index (χ2n) is 4.18. The Morgan fingerprint density at radius 2 is 2.20 bits per heavy atom. The molecule has 20 heavy (non-hydrogen) atoms. The predicted molar refractivity (Wildman–Crippen MR) is 72.2 cm³/mol. The second-order valence-corrected chi connectivity index (χ2v) is 4.18. The summed E-state index contributed by atoms with van der Waals surface area (Å²) < 4.78 is 1.60. The highest BCUT2D eigenvalue weighted by Crippen LogP contribution is 2.17. The molecule has 0 spiro atoms. The third kappa shape index (κ3) is 2.72. The molecule has 0 atom stereocenters. The van der Waals surface area contributed by atoms with Crippen LogP contribution in [0.1, 0.15) is 22.8 Å². The van der Waals surface area contributed by atoms with E-state index in [0.29, 0.717) is 28.5 Å². The van der Waals surface area contributed by atoms with Crippen LogP contribution in [-0.4, -0.2) is 25.8 Å². The molecule has 1 aromatic carbocycles. The molecule has 0 saturated carbocycles. The Morgan fingerprint density at radius 1 is 1.45 bits per heavy atom. The van der Waals surface area contributed by atoms with E-state index in [1.165, 1.54) is 6.08 Å². The lowest BCUT2D eigenvalue weighted by Gasteiger charge is -2.06. The van der Waals surface area contributed by atoms with Gasteiger partial charge in [-0.2, -0.15) is 10.4 Å². The SMILES string of the molecule is Cc1nc(C)n(-c2ccc(/C=C/C(=O)O)cc2C#N)n1. The Hall–Kier alpha value is -2.94. The van der Waals surface area contributed by atoms with Gasteiger partial charge < -0.3 is 5.11 Å². The number of aromatic nitrogens is 3. The fraction of sp³-hybridized carbons (Fsp3) is 0.143. The number of aryl methyl sites for hydroxylation is 2. The number of rotatable bonds is 3. The maximum atomic E-state index is 10.5. The lowest BCUT2D eigenvalue weighted by atomic mass is 10.1. The van der Waals surface area contributed by atoms with Gasteiger partial charge in [0, 0.05) is 6.08 Å². The summed E-state index contributed by atoms with van der Waals surface area (Å²) in [4.78, 5) is 14.7. The standard InChI is InChI=1S/C14H12N4O2/c1-9-16-10(2)18(17-9)13-5-3-11(4-6-14(19)20)7-12(13)8-15/h3-7H,1-2H3,(H,19,20)/b6-4+. The number of carboxylic acid groups (broad SMARTS) is 1. The molecule has 0 aliphatic rings. The number of benzene rings is 1. The van der Waals surface area contributed by atoms with Gasteiger partial charge in [-0.25, -0.2) is 14.5 Å². The first kappa shape index (κ1) is 13.5. The molecule has 2 rings (SSSR count). The average molecular weight is 268 g/mol. The highest BCUT2D eigenvalue weighted by Gasteiger charge is 2.10. The Morgan fingerprint density at radius 3 is 2.75 bits per heavy atom. The highest BCUT2D eigenvalue weighted by atomic mass is 16.4. The van der Waals surface area contributed by atoms with Crippen molar-refractivity contribution < 1.29 is 9.90 Å². The van der Waals surface area contributed by atoms with Crippen LogP contribution < -0.4 is 0 Å². The molecule has 0 fully saturated rings. The monoisotopic (exact) mass is 268 g/mol. The molecular formula is C14H12N4O2. The van der Waals surface area contributed by atoms with Crippen molar-refractivity contribution in [2.24, 2.45) is 0 Å². The lowest BCUT2D eigenvalue weighted by Crippen LogP contribution is -2.02. The van der Waals surface area contributed by atoms with Crippen LogP contribution in [0.3, 0.4) is 0 Å². The first-order valence-corrected chi connectivity index (χ1v) is 5.87. The summed E-state index contributed by atoms with van der Waals surface area (Å²) in [6, 6.07) is 7.16. The molecule has 1 aromatic heterocycles. The van der Waals surface area contributed by atoms with E-state index >= 15 is 0 Å². The maximum absolute atomic E-state index is 10.5. The largest absolute Gasteiger partial charge is 0.478 e. The number of carbonyl (C=O) groups is 1. The topological polar surface area (TPSA) is 91.8 Å². The minimum atomic E-state index is -1.03. The molecule has 0 aliphatic heterocycles. The molecule has 1 N–H and O–H groups in total. The second kappa shape index (κ2) is 5.36. The van der Waals surface area contributed by atoms with Crippen LogP contribution >= 0.6 is 0 Å². The maximum Gasteiger partial charge on any atom is 0.328 e. The summed E-state index contributed by atoms with van der Waals surface area (Å²) in [6.45, 7) is 3.58. The van der Waals surface area contributed by atoms with Gasteiger partial charge in [-0.05, 0) is 37.6 Å². The third-order valence-electron chi connectivity index (χ3n) is 2.66. The van der Waals surface area contributed by atoms with Crippen molar-refractivity contribution in [2.45, 2.75) is 13.8 Å². The van der Waals surface area contributed by atoms with Gasteiger partial charge in [0.15, 0.2) is 0 Å². The van der Waals surface area contributed by atoms with Gasteiger partial charge in [0.25, 0.3) is 0 Å². The molecule has 100 valence electrons. The van der Waals surface area contributed by atoms with Crippen molar-refractivity contribution in [2.75, 3.05) is 0 Å². The zero-order valence-electron chi connectivity index (χ0n) is 11.0. The van der Waals surface area contributed by atoms with E-state index in [9.17, 15) is 10.1 Å². The summed E-state index contributed by atoms with van der Waals surface area (Å²) in [5.41, 5.74) is 1.67. The van der Waals surface area contributed by atoms with Crippen molar-refractivity contribution in [3.8, 4) is 11.8 Å². The molecule has 0 unspecified atom stereocenters. The minimum Gasteiger partial charge on any atom is -0.478 e. The molecule has 6 heteroatoms. The van der Waals surface area contributed by atoms with Crippen molar-refractivity contribution in [1.82, 2.24) is 14.8 Å². The Labute approximate surface area is 115 Å². The lowest BCUT2D eigenvalue weighted by molar-refractivity contribution is -0.131. The van der Waals surface area contributed by atoms with Crippen molar-refractivity contribution >= 4 is 12.0 Å². The van der Waals surface area contributed by atoms with E-state index in [1.807, 2.05) is 0 Å². The smallest absolute Gasteiger partial charge is 0.328 e. The fourth-order valence-corrected chi connectivity index (χ4v) is 1.85. The first-order chi connectivity index (χ1) is 9.51. The summed E-state index contributed by atoms with van der Waals surface area (Å²) in [5, 5.41) is 22.1. The van der Waals surface area contributed by atoms with Crippen molar-refractivity contribution in [3.63, 3.8) is 0 Å². The molecule has 2 aromatic rings. The van der Waals surface area contributed by atoms with Gasteiger partial charge in [-0.15, -0.1) is 0 Å². The Kier molecular flexibility index (Phi) is 3.62. The minimum absolute atomic E-state index is 0.408. The van der Waals surface area contributed by atoms with Gasteiger partial charge in [-0.1, -0.05) is 6.07 Å². The summed E-state index contributed by atoms with van der Waals surface area (Å²) in [6.07, 6.45) is 2.47. The van der Waals surface area contributed by atoms with Crippen LogP contribution in [0.15, 0.2) is 24.3 Å². The van der Waals surface area contributed by atoms with Crippen LogP contribution in [0, 0.1) is 25.2 Å². The highest BCUT2D eigenvalue weighted by molar-refractivity contribution is 5.85. The van der Waals surface area contributed by atoms with Crippen molar-refractivity contribution in [1.29, 1.82) is 5.26 Å². The molecule has 1 heterocycles. The number of nitrogens with zero attached hydrogens (tertiary/aromatic N) is 4. The average Bonchev–Trinajstić information content (AvgIpc) is 2.74. The number of hydrogen-bond donors (Lipinski definition) is 1. The van der Waals surface area contributed by atoms with Gasteiger partial charge in [0.1, 0.15) is 17.7 Å². The molecule has 0 saturated heterocycles. The van der Waals surface area contributed by atoms with Crippen molar-refractivity contribution in [3.05, 3.63) is 47.1 Å². The quantitative estimate of drug-likeness (QED) is 0.858. The van der Waals surface area contributed by atoms with Gasteiger partial charge in [0.2, 0.25) is 0 Å². The predicted octanol–water partition coefficient (Wildman–Crippen LogP) is 1.85. The Balaban J connectivity index is 2.49. The van der Waals surface area contributed by atoms with Crippen LogP contribution in [0.5, 0.6) is 0 Å². The van der Waals surface area contributed by atoms with E-state index in [-0.39, 0.29) is 0 Å². The van der Waals surface area contributed by atoms with E-state index in [2.05, 4.69) is 16.2 Å². The van der Waals surface area contributed by atoms with Crippen LogP contribution in [0.2, 0.25) is 0 Å². The number of aliphatic carboxylic acids is 1. The summed E-state index contributed by atoms with van der Waals surface area (Å²) >= 11 is 0. The number of carboxylic acids is 1. The van der Waals surface area contributed by atoms with E-state index < -0.39 is 5.97 Å². The van der Waals surface area contributed by atoms with E-state index in [4.69, 9.17) is 5.11 Å². The van der Waals surface area contributed by atoms with Gasteiger partial charge in [-0.3, -0.25) is 0 Å².